The van der Waals surface area contributed by atoms with Crippen molar-refractivity contribution < 1.29 is 9.31 Å². The Hall–Kier alpha value is -1.72. The van der Waals surface area contributed by atoms with E-state index in [9.17, 15) is 0 Å². The first-order valence-electron chi connectivity index (χ1n) is 11.1. The molecule has 2 saturated carbocycles. The number of rotatable bonds is 1. The van der Waals surface area contributed by atoms with E-state index in [1.165, 1.54) is 55.3 Å². The summed E-state index contributed by atoms with van der Waals surface area (Å²) < 4.78 is 12.7. The van der Waals surface area contributed by atoms with E-state index in [4.69, 9.17) is 19.3 Å². The third-order valence-corrected chi connectivity index (χ3v) is 8.80. The van der Waals surface area contributed by atoms with Crippen molar-refractivity contribution in [1.82, 2.24) is 9.97 Å². The lowest BCUT2D eigenvalue weighted by Gasteiger charge is -2.46. The lowest BCUT2D eigenvalue weighted by molar-refractivity contribution is 0.00578. The molecule has 4 aliphatic rings. The molecule has 0 bridgehead atoms. The molecule has 0 N–H and O–H groups in total. The quantitative estimate of drug-likeness (QED) is 0.684. The minimum Gasteiger partial charge on any atom is -0.399 e. The molecule has 3 aliphatic carbocycles. The van der Waals surface area contributed by atoms with E-state index in [1.54, 1.807) is 0 Å². The molecule has 2 aromatic heterocycles. The normalized spacial score (nSPS) is 33.2. The topological polar surface area (TPSA) is 44.2 Å². The van der Waals surface area contributed by atoms with Gasteiger partial charge in [0.05, 0.1) is 22.6 Å². The summed E-state index contributed by atoms with van der Waals surface area (Å²) >= 11 is 0. The van der Waals surface area contributed by atoms with E-state index in [2.05, 4.69) is 45.9 Å². The Morgan fingerprint density at radius 3 is 2.24 bits per heavy atom. The van der Waals surface area contributed by atoms with Gasteiger partial charge in [0.15, 0.2) is 0 Å². The van der Waals surface area contributed by atoms with Gasteiger partial charge in [-0.05, 0) is 71.1 Å². The van der Waals surface area contributed by atoms with Crippen LogP contribution in [0.1, 0.15) is 77.5 Å². The van der Waals surface area contributed by atoms with E-state index < -0.39 is 0 Å². The zero-order valence-corrected chi connectivity index (χ0v) is 17.9. The van der Waals surface area contributed by atoms with Crippen molar-refractivity contribution in [3.8, 4) is 11.3 Å². The summed E-state index contributed by atoms with van der Waals surface area (Å²) in [5.41, 5.74) is 5.83. The van der Waals surface area contributed by atoms with Crippen LogP contribution in [0.5, 0.6) is 0 Å². The van der Waals surface area contributed by atoms with Crippen LogP contribution in [0, 0.1) is 0 Å². The first kappa shape index (κ1) is 18.1. The molecule has 0 spiro atoms. The zero-order valence-electron chi connectivity index (χ0n) is 17.9. The second-order valence-electron chi connectivity index (χ2n) is 10.5. The summed E-state index contributed by atoms with van der Waals surface area (Å²) in [5, 5.41) is 0. The van der Waals surface area contributed by atoms with Crippen molar-refractivity contribution >= 4 is 12.6 Å². The van der Waals surface area contributed by atoms with E-state index in [0.717, 1.165) is 11.2 Å². The van der Waals surface area contributed by atoms with Crippen LogP contribution in [0.3, 0.4) is 0 Å². The van der Waals surface area contributed by atoms with Crippen LogP contribution in [0.4, 0.5) is 0 Å². The Balaban J connectivity index is 1.54. The molecule has 4 nitrogen and oxygen atoms in total. The van der Waals surface area contributed by atoms with Gasteiger partial charge in [0, 0.05) is 34.2 Å². The molecule has 2 aromatic rings. The fraction of sp³-hybridized carbons (Fsp3) is 0.583. The van der Waals surface area contributed by atoms with Gasteiger partial charge >= 0.3 is 7.12 Å². The lowest BCUT2D eigenvalue weighted by atomic mass is 9.57. The highest BCUT2D eigenvalue weighted by molar-refractivity contribution is 6.62. The maximum absolute atomic E-state index is 6.35. The first-order valence-corrected chi connectivity index (χ1v) is 11.1. The van der Waals surface area contributed by atoms with Crippen molar-refractivity contribution in [3.63, 3.8) is 0 Å². The second-order valence-corrected chi connectivity index (χ2v) is 10.5. The molecule has 0 aromatic carbocycles. The molecular formula is C24H29BN2O2. The van der Waals surface area contributed by atoms with Crippen molar-refractivity contribution in [2.24, 2.45) is 0 Å². The average Bonchev–Trinajstić information content (AvgIpc) is 3.30. The highest BCUT2D eigenvalue weighted by Gasteiger charge is 2.63. The molecule has 0 radical (unpaired) electrons. The molecule has 0 unspecified atom stereocenters. The lowest BCUT2D eigenvalue weighted by Crippen LogP contribution is -2.46. The summed E-state index contributed by atoms with van der Waals surface area (Å²) in [5.74, 6) is 0. The zero-order chi connectivity index (χ0) is 20.1. The molecule has 5 heteroatoms. The third kappa shape index (κ3) is 2.08. The Kier molecular flexibility index (Phi) is 3.43. The van der Waals surface area contributed by atoms with Crippen molar-refractivity contribution in [2.75, 3.05) is 0 Å². The van der Waals surface area contributed by atoms with Gasteiger partial charge in [-0.15, -0.1) is 0 Å². The van der Waals surface area contributed by atoms with Crippen molar-refractivity contribution in [3.05, 3.63) is 41.9 Å². The molecule has 0 amide bonds. The number of hydrogen-bond acceptors (Lipinski definition) is 4. The molecular weight excluding hydrogens is 359 g/mol. The predicted molar refractivity (Wildman–Crippen MR) is 114 cm³/mol. The van der Waals surface area contributed by atoms with Crippen LogP contribution in [0.15, 0.2) is 30.6 Å². The van der Waals surface area contributed by atoms with Crippen LogP contribution in [0.25, 0.3) is 11.3 Å². The molecule has 3 heterocycles. The van der Waals surface area contributed by atoms with Gasteiger partial charge in [0.2, 0.25) is 0 Å². The van der Waals surface area contributed by atoms with Gasteiger partial charge in [0.1, 0.15) is 0 Å². The molecule has 0 atom stereocenters. The van der Waals surface area contributed by atoms with Gasteiger partial charge in [-0.25, -0.2) is 0 Å². The smallest absolute Gasteiger partial charge is 0.399 e. The molecule has 3 fully saturated rings. The van der Waals surface area contributed by atoms with Gasteiger partial charge in [-0.3, -0.25) is 9.97 Å². The Morgan fingerprint density at radius 2 is 1.55 bits per heavy atom. The van der Waals surface area contributed by atoms with Crippen molar-refractivity contribution in [2.45, 2.75) is 88.3 Å². The average molecular weight is 388 g/mol. The number of aromatic nitrogens is 2. The van der Waals surface area contributed by atoms with E-state index in [0.29, 0.717) is 0 Å². The van der Waals surface area contributed by atoms with Crippen LogP contribution in [0.2, 0.25) is 0 Å². The second kappa shape index (κ2) is 5.50. The van der Waals surface area contributed by atoms with Crippen LogP contribution in [-0.4, -0.2) is 28.3 Å². The highest BCUT2D eigenvalue weighted by atomic mass is 16.7. The third-order valence-electron chi connectivity index (χ3n) is 8.80. The van der Waals surface area contributed by atoms with Crippen LogP contribution < -0.4 is 5.46 Å². The first-order chi connectivity index (χ1) is 13.8. The van der Waals surface area contributed by atoms with Crippen LogP contribution in [-0.2, 0) is 20.1 Å². The van der Waals surface area contributed by atoms with Crippen molar-refractivity contribution in [1.29, 1.82) is 0 Å². The molecule has 1 aliphatic heterocycles. The molecule has 150 valence electrons. The van der Waals surface area contributed by atoms with Gasteiger partial charge in [0.25, 0.3) is 0 Å². The summed E-state index contributed by atoms with van der Waals surface area (Å²) in [6.07, 6.45) is 11.5. The van der Waals surface area contributed by atoms with Crippen LogP contribution >= 0.6 is 0 Å². The summed E-state index contributed by atoms with van der Waals surface area (Å²) in [4.78, 5) is 9.95. The Labute approximate surface area is 173 Å². The van der Waals surface area contributed by atoms with Gasteiger partial charge < -0.3 is 9.31 Å². The highest BCUT2D eigenvalue weighted by Crippen LogP contribution is 2.68. The number of nitrogens with zero attached hydrogens (tertiary/aromatic N) is 2. The number of hydrogen-bond donors (Lipinski definition) is 0. The fourth-order valence-corrected chi connectivity index (χ4v) is 6.73. The van der Waals surface area contributed by atoms with E-state index in [1.807, 2.05) is 12.4 Å². The minimum absolute atomic E-state index is 0.177. The Morgan fingerprint density at radius 1 is 0.897 bits per heavy atom. The van der Waals surface area contributed by atoms with E-state index >= 15 is 0 Å². The summed E-state index contributed by atoms with van der Waals surface area (Å²) in [7, 11) is -0.360. The fourth-order valence-electron chi connectivity index (χ4n) is 6.73. The Bertz CT molecular complexity index is 990. The molecule has 6 rings (SSSR count). The number of fused-ring (bicyclic) bond motifs is 3. The maximum Gasteiger partial charge on any atom is 0.496 e. The SMILES string of the molecule is CC1(C)OB(c2cnc3c(c2)C24CCCC2(CCC4)c2ncccc2-3)OC1(C)C. The van der Waals surface area contributed by atoms with Gasteiger partial charge in [-0.1, -0.05) is 18.9 Å². The predicted octanol–water partition coefficient (Wildman–Crippen LogP) is 4.30. The molecule has 1 saturated heterocycles. The standard InChI is InChI=1S/C24H29BN2O2/c1-21(2)22(3,4)29-25(28-21)16-14-18-19(27-15-16)17-8-5-13-26-20(17)24-11-6-9-23(18,24)10-7-12-24/h5,8,13-15H,6-7,9-12H2,1-4H3. The van der Waals surface area contributed by atoms with E-state index in [-0.39, 0.29) is 29.2 Å². The van der Waals surface area contributed by atoms with Gasteiger partial charge in [-0.2, -0.15) is 0 Å². The summed E-state index contributed by atoms with van der Waals surface area (Å²) in [6, 6.07) is 6.64. The maximum atomic E-state index is 6.35. The summed E-state index contributed by atoms with van der Waals surface area (Å²) in [6.45, 7) is 8.44. The monoisotopic (exact) mass is 388 g/mol. The molecule has 29 heavy (non-hydrogen) atoms. The number of pyridine rings is 2. The minimum atomic E-state index is -0.360. The largest absolute Gasteiger partial charge is 0.496 e.